The summed E-state index contributed by atoms with van der Waals surface area (Å²) >= 11 is 0. The summed E-state index contributed by atoms with van der Waals surface area (Å²) in [5.41, 5.74) is 2.67. The van der Waals surface area contributed by atoms with Crippen LogP contribution in [-0.4, -0.2) is 11.1 Å². The first-order valence-electron chi connectivity index (χ1n) is 4.18. The monoisotopic (exact) mass is 194 g/mol. The molecule has 0 fully saturated rings. The fraction of sp³-hybridized carbons (Fsp3) is 0.182. The molecule has 1 N–H and O–H groups in total. The largest absolute Gasteiger partial charge is 0.476 e. The molecule has 1 rings (SSSR count). The minimum atomic E-state index is -1.54. The number of carbonyl (C=O) groups is 1. The van der Waals surface area contributed by atoms with E-state index in [1.54, 1.807) is 12.1 Å². The second kappa shape index (κ2) is 4.05. The third kappa shape index (κ3) is 2.42. The van der Waals surface area contributed by atoms with Crippen molar-refractivity contribution in [1.29, 1.82) is 0 Å². The number of hydrogen-bond donors (Lipinski definition) is 1. The number of carboxylic acid groups (broad SMARTS) is 1. The van der Waals surface area contributed by atoms with Crippen molar-refractivity contribution < 1.29 is 14.3 Å². The summed E-state index contributed by atoms with van der Waals surface area (Å²) in [6.45, 7) is 3.84. The highest BCUT2D eigenvalue weighted by molar-refractivity contribution is 5.89. The second-order valence-corrected chi connectivity index (χ2v) is 3.14. The van der Waals surface area contributed by atoms with Gasteiger partial charge in [-0.25, -0.2) is 4.79 Å². The number of aryl methyl sites for hydroxylation is 2. The van der Waals surface area contributed by atoms with Gasteiger partial charge in [-0.15, -0.1) is 0 Å². The van der Waals surface area contributed by atoms with Gasteiger partial charge in [0, 0.05) is 0 Å². The fourth-order valence-electron chi connectivity index (χ4n) is 1.06. The van der Waals surface area contributed by atoms with Gasteiger partial charge < -0.3 is 5.11 Å². The average Bonchev–Trinajstić information content (AvgIpc) is 2.11. The van der Waals surface area contributed by atoms with Gasteiger partial charge in [0.05, 0.1) is 0 Å². The van der Waals surface area contributed by atoms with Crippen LogP contribution in [-0.2, 0) is 4.79 Å². The molecule has 0 aliphatic heterocycles. The average molecular weight is 194 g/mol. The number of halogens is 1. The SMILES string of the molecule is Cc1ccc(C=C(F)C(=O)O)cc1C. The third-order valence-corrected chi connectivity index (χ3v) is 2.03. The Labute approximate surface area is 81.7 Å². The van der Waals surface area contributed by atoms with Gasteiger partial charge >= 0.3 is 5.97 Å². The summed E-state index contributed by atoms with van der Waals surface area (Å²) in [7, 11) is 0. The number of hydrogen-bond acceptors (Lipinski definition) is 1. The van der Waals surface area contributed by atoms with Crippen LogP contribution in [0.3, 0.4) is 0 Å². The highest BCUT2D eigenvalue weighted by Gasteiger charge is 2.04. The molecule has 0 unspecified atom stereocenters. The van der Waals surface area contributed by atoms with Crippen molar-refractivity contribution in [3.8, 4) is 0 Å². The van der Waals surface area contributed by atoms with Gasteiger partial charge in [0.1, 0.15) is 0 Å². The predicted octanol–water partition coefficient (Wildman–Crippen LogP) is 2.70. The van der Waals surface area contributed by atoms with E-state index in [4.69, 9.17) is 5.11 Å². The Hall–Kier alpha value is -1.64. The van der Waals surface area contributed by atoms with E-state index in [9.17, 15) is 9.18 Å². The fourth-order valence-corrected chi connectivity index (χ4v) is 1.06. The van der Waals surface area contributed by atoms with Crippen molar-refractivity contribution in [1.82, 2.24) is 0 Å². The summed E-state index contributed by atoms with van der Waals surface area (Å²) in [6.07, 6.45) is 1.01. The van der Waals surface area contributed by atoms with Crippen LogP contribution in [0.4, 0.5) is 4.39 Å². The number of aliphatic carboxylic acids is 1. The van der Waals surface area contributed by atoms with Crippen LogP contribution in [0.2, 0.25) is 0 Å². The quantitative estimate of drug-likeness (QED) is 0.735. The molecule has 0 aliphatic carbocycles. The zero-order chi connectivity index (χ0) is 10.7. The van der Waals surface area contributed by atoms with Crippen molar-refractivity contribution in [3.63, 3.8) is 0 Å². The molecule has 1 aromatic rings. The van der Waals surface area contributed by atoms with Crippen LogP contribution in [0, 0.1) is 13.8 Å². The molecule has 0 saturated carbocycles. The standard InChI is InChI=1S/C11H11FO2/c1-7-3-4-9(5-8(7)2)6-10(12)11(13)14/h3-6H,1-2H3,(H,13,14). The normalized spacial score (nSPS) is 11.5. The Kier molecular flexibility index (Phi) is 3.02. The highest BCUT2D eigenvalue weighted by Crippen LogP contribution is 2.13. The molecular weight excluding hydrogens is 183 g/mol. The van der Waals surface area contributed by atoms with E-state index in [1.807, 2.05) is 19.9 Å². The molecule has 0 aromatic heterocycles. The lowest BCUT2D eigenvalue weighted by Gasteiger charge is -2.00. The first-order valence-corrected chi connectivity index (χ1v) is 4.18. The van der Waals surface area contributed by atoms with E-state index in [-0.39, 0.29) is 0 Å². The van der Waals surface area contributed by atoms with Crippen molar-refractivity contribution in [2.75, 3.05) is 0 Å². The molecule has 0 aliphatic rings. The first-order chi connectivity index (χ1) is 6.50. The second-order valence-electron chi connectivity index (χ2n) is 3.14. The summed E-state index contributed by atoms with van der Waals surface area (Å²) in [6, 6.07) is 5.26. The van der Waals surface area contributed by atoms with Crippen LogP contribution in [0.15, 0.2) is 24.0 Å². The Morgan fingerprint density at radius 1 is 1.36 bits per heavy atom. The number of rotatable bonds is 2. The Morgan fingerprint density at radius 3 is 2.50 bits per heavy atom. The van der Waals surface area contributed by atoms with E-state index < -0.39 is 11.8 Å². The summed E-state index contributed by atoms with van der Waals surface area (Å²) in [5, 5.41) is 8.32. The molecule has 3 heteroatoms. The van der Waals surface area contributed by atoms with Gasteiger partial charge in [-0.1, -0.05) is 18.2 Å². The predicted molar refractivity (Wildman–Crippen MR) is 52.6 cm³/mol. The molecule has 0 amide bonds. The summed E-state index contributed by atoms with van der Waals surface area (Å²) < 4.78 is 12.7. The minimum absolute atomic E-state index is 0.563. The lowest BCUT2D eigenvalue weighted by Crippen LogP contribution is -1.94. The molecule has 0 heterocycles. The Balaban J connectivity index is 3.04. The van der Waals surface area contributed by atoms with E-state index >= 15 is 0 Å². The van der Waals surface area contributed by atoms with Gasteiger partial charge in [0.15, 0.2) is 0 Å². The van der Waals surface area contributed by atoms with Gasteiger partial charge in [-0.2, -0.15) is 4.39 Å². The van der Waals surface area contributed by atoms with E-state index in [1.165, 1.54) is 0 Å². The molecule has 0 atom stereocenters. The van der Waals surface area contributed by atoms with Crippen LogP contribution in [0.25, 0.3) is 6.08 Å². The highest BCUT2D eigenvalue weighted by atomic mass is 19.1. The molecule has 2 nitrogen and oxygen atoms in total. The zero-order valence-corrected chi connectivity index (χ0v) is 8.04. The van der Waals surface area contributed by atoms with E-state index in [0.29, 0.717) is 5.56 Å². The van der Waals surface area contributed by atoms with Gasteiger partial charge in [0.2, 0.25) is 5.83 Å². The first kappa shape index (κ1) is 10.4. The molecule has 0 radical (unpaired) electrons. The van der Waals surface area contributed by atoms with Crippen molar-refractivity contribution in [2.45, 2.75) is 13.8 Å². The maximum absolute atomic E-state index is 12.7. The minimum Gasteiger partial charge on any atom is -0.476 e. The third-order valence-electron chi connectivity index (χ3n) is 2.03. The maximum Gasteiger partial charge on any atom is 0.364 e. The number of benzene rings is 1. The van der Waals surface area contributed by atoms with Gasteiger partial charge in [-0.05, 0) is 36.6 Å². The van der Waals surface area contributed by atoms with Crippen LogP contribution in [0.5, 0.6) is 0 Å². The lowest BCUT2D eigenvalue weighted by atomic mass is 10.1. The van der Waals surface area contributed by atoms with Crippen molar-refractivity contribution in [2.24, 2.45) is 0 Å². The molecular formula is C11H11FO2. The molecule has 0 spiro atoms. The van der Waals surface area contributed by atoms with Crippen LogP contribution >= 0.6 is 0 Å². The van der Waals surface area contributed by atoms with Crippen LogP contribution < -0.4 is 0 Å². The summed E-state index contributed by atoms with van der Waals surface area (Å²) in [4.78, 5) is 10.2. The van der Waals surface area contributed by atoms with Gasteiger partial charge in [0.25, 0.3) is 0 Å². The molecule has 0 bridgehead atoms. The van der Waals surface area contributed by atoms with Crippen molar-refractivity contribution in [3.05, 3.63) is 40.7 Å². The molecule has 74 valence electrons. The topological polar surface area (TPSA) is 37.3 Å². The maximum atomic E-state index is 12.7. The smallest absolute Gasteiger partial charge is 0.364 e. The Morgan fingerprint density at radius 2 is 2.00 bits per heavy atom. The van der Waals surface area contributed by atoms with Crippen molar-refractivity contribution >= 4 is 12.0 Å². The Bertz CT molecular complexity index is 394. The lowest BCUT2D eigenvalue weighted by molar-refractivity contribution is -0.134. The molecule has 1 aromatic carbocycles. The van der Waals surface area contributed by atoms with Gasteiger partial charge in [-0.3, -0.25) is 0 Å². The molecule has 14 heavy (non-hydrogen) atoms. The summed E-state index contributed by atoms with van der Waals surface area (Å²) in [5.74, 6) is -2.68. The van der Waals surface area contributed by atoms with E-state index in [2.05, 4.69) is 0 Å². The molecule has 0 saturated heterocycles. The zero-order valence-electron chi connectivity index (χ0n) is 8.04. The number of carboxylic acids is 1. The van der Waals surface area contributed by atoms with E-state index in [0.717, 1.165) is 17.2 Å². The van der Waals surface area contributed by atoms with Crippen LogP contribution in [0.1, 0.15) is 16.7 Å².